The van der Waals surface area contributed by atoms with Crippen LogP contribution in [0.4, 0.5) is 0 Å². The molecule has 0 spiro atoms. The number of hydrogen-bond donors (Lipinski definition) is 3. The Balaban J connectivity index is 2.59. The van der Waals surface area contributed by atoms with Crippen LogP contribution in [-0.2, 0) is 4.79 Å². The lowest BCUT2D eigenvalue weighted by Gasteiger charge is -2.14. The van der Waals surface area contributed by atoms with Gasteiger partial charge in [-0.2, -0.15) is 0 Å². The molecular weight excluding hydrogens is 180 g/mol. The molecule has 4 heteroatoms. The quantitative estimate of drug-likeness (QED) is 0.650. The molecule has 0 aliphatic heterocycles. The Morgan fingerprint density at radius 2 is 1.86 bits per heavy atom. The van der Waals surface area contributed by atoms with Gasteiger partial charge in [-0.1, -0.05) is 30.3 Å². The normalized spacial score (nSPS) is 14.7. The first-order valence-electron chi connectivity index (χ1n) is 4.40. The molecule has 0 saturated heterocycles. The lowest BCUT2D eigenvalue weighted by atomic mass is 10.0. The summed E-state index contributed by atoms with van der Waals surface area (Å²) >= 11 is 0. The van der Waals surface area contributed by atoms with Gasteiger partial charge in [-0.3, -0.25) is 4.79 Å². The number of benzene rings is 1. The zero-order valence-corrected chi connectivity index (χ0v) is 7.76. The van der Waals surface area contributed by atoms with Gasteiger partial charge in [0.25, 0.3) is 0 Å². The van der Waals surface area contributed by atoms with E-state index in [2.05, 4.69) is 0 Å². The van der Waals surface area contributed by atoms with Crippen LogP contribution in [0.3, 0.4) is 0 Å². The van der Waals surface area contributed by atoms with E-state index in [1.165, 1.54) is 0 Å². The highest BCUT2D eigenvalue weighted by Gasteiger charge is 2.16. The van der Waals surface area contributed by atoms with Gasteiger partial charge in [-0.05, 0) is 12.0 Å². The van der Waals surface area contributed by atoms with Gasteiger partial charge in [-0.25, -0.2) is 0 Å². The summed E-state index contributed by atoms with van der Waals surface area (Å²) in [5, 5.41) is 8.60. The predicted molar refractivity (Wildman–Crippen MR) is 53.6 cm³/mol. The average molecular weight is 194 g/mol. The average Bonchev–Trinajstić information content (AvgIpc) is 2.19. The minimum absolute atomic E-state index is 0.249. The molecule has 4 nitrogen and oxygen atoms in total. The summed E-state index contributed by atoms with van der Waals surface area (Å²) in [7, 11) is 0. The molecule has 0 amide bonds. The fourth-order valence-electron chi connectivity index (χ4n) is 1.21. The highest BCUT2D eigenvalue weighted by molar-refractivity contribution is 5.73. The van der Waals surface area contributed by atoms with E-state index in [1.54, 1.807) is 0 Å². The maximum Gasteiger partial charge on any atom is 0.320 e. The van der Waals surface area contributed by atoms with Crippen molar-refractivity contribution in [3.63, 3.8) is 0 Å². The van der Waals surface area contributed by atoms with Crippen LogP contribution in [0.15, 0.2) is 30.3 Å². The number of hydrogen-bond acceptors (Lipinski definition) is 3. The van der Waals surface area contributed by atoms with Crippen LogP contribution in [0.1, 0.15) is 18.0 Å². The van der Waals surface area contributed by atoms with Crippen molar-refractivity contribution in [2.45, 2.75) is 18.5 Å². The molecular formula is C10H14N2O2. The Labute approximate surface area is 82.5 Å². The van der Waals surface area contributed by atoms with Crippen molar-refractivity contribution in [2.24, 2.45) is 11.5 Å². The van der Waals surface area contributed by atoms with Crippen LogP contribution in [0.2, 0.25) is 0 Å². The summed E-state index contributed by atoms with van der Waals surface area (Å²) < 4.78 is 0. The predicted octanol–water partition coefficient (Wildman–Crippen LogP) is 0.488. The first kappa shape index (κ1) is 10.7. The van der Waals surface area contributed by atoms with Gasteiger partial charge in [0.1, 0.15) is 6.04 Å². The topological polar surface area (TPSA) is 89.3 Å². The summed E-state index contributed by atoms with van der Waals surface area (Å²) in [6, 6.07) is 8.11. The molecule has 76 valence electrons. The molecule has 1 aromatic rings. The molecule has 1 aromatic carbocycles. The second-order valence-corrected chi connectivity index (χ2v) is 3.20. The van der Waals surface area contributed by atoms with Crippen molar-refractivity contribution >= 4 is 5.97 Å². The van der Waals surface area contributed by atoms with Gasteiger partial charge in [0, 0.05) is 6.04 Å². The Morgan fingerprint density at radius 1 is 1.29 bits per heavy atom. The zero-order chi connectivity index (χ0) is 10.6. The molecule has 0 fully saturated rings. The molecule has 0 aromatic heterocycles. The molecule has 0 unspecified atom stereocenters. The van der Waals surface area contributed by atoms with E-state index in [-0.39, 0.29) is 12.5 Å². The van der Waals surface area contributed by atoms with Gasteiger partial charge >= 0.3 is 5.97 Å². The van der Waals surface area contributed by atoms with Crippen LogP contribution in [0.25, 0.3) is 0 Å². The SMILES string of the molecule is N[C@H](C[C@H](N)c1ccccc1)C(=O)O. The number of carboxylic acids is 1. The lowest BCUT2D eigenvalue weighted by molar-refractivity contribution is -0.138. The maximum absolute atomic E-state index is 10.5. The summed E-state index contributed by atoms with van der Waals surface area (Å²) in [4.78, 5) is 10.5. The van der Waals surface area contributed by atoms with Crippen LogP contribution < -0.4 is 11.5 Å². The fourth-order valence-corrected chi connectivity index (χ4v) is 1.21. The molecule has 1 rings (SSSR count). The number of nitrogens with two attached hydrogens (primary N) is 2. The van der Waals surface area contributed by atoms with E-state index in [9.17, 15) is 4.79 Å². The highest BCUT2D eigenvalue weighted by atomic mass is 16.4. The Bertz CT molecular complexity index is 300. The minimum atomic E-state index is -1.02. The zero-order valence-electron chi connectivity index (χ0n) is 7.76. The van der Waals surface area contributed by atoms with Gasteiger partial charge in [0.15, 0.2) is 0 Å². The third-order valence-corrected chi connectivity index (χ3v) is 2.05. The second kappa shape index (κ2) is 4.74. The molecule has 5 N–H and O–H groups in total. The van der Waals surface area contributed by atoms with E-state index in [1.807, 2.05) is 30.3 Å². The van der Waals surface area contributed by atoms with Gasteiger partial charge in [0.05, 0.1) is 0 Å². The third-order valence-electron chi connectivity index (χ3n) is 2.05. The van der Waals surface area contributed by atoms with Crippen LogP contribution in [-0.4, -0.2) is 17.1 Å². The van der Waals surface area contributed by atoms with Crippen molar-refractivity contribution in [2.75, 3.05) is 0 Å². The highest BCUT2D eigenvalue weighted by Crippen LogP contribution is 2.14. The molecule has 0 bridgehead atoms. The molecule has 2 atom stereocenters. The van der Waals surface area contributed by atoms with Crippen LogP contribution >= 0.6 is 0 Å². The smallest absolute Gasteiger partial charge is 0.320 e. The van der Waals surface area contributed by atoms with Crippen LogP contribution in [0.5, 0.6) is 0 Å². The number of rotatable bonds is 4. The van der Waals surface area contributed by atoms with Crippen molar-refractivity contribution < 1.29 is 9.90 Å². The maximum atomic E-state index is 10.5. The van der Waals surface area contributed by atoms with Crippen LogP contribution in [0, 0.1) is 0 Å². The van der Waals surface area contributed by atoms with Gasteiger partial charge in [0.2, 0.25) is 0 Å². The van der Waals surface area contributed by atoms with E-state index < -0.39 is 12.0 Å². The van der Waals surface area contributed by atoms with Crippen molar-refractivity contribution in [3.05, 3.63) is 35.9 Å². The number of carboxylic acid groups (broad SMARTS) is 1. The first-order valence-corrected chi connectivity index (χ1v) is 4.40. The molecule has 14 heavy (non-hydrogen) atoms. The number of aliphatic carboxylic acids is 1. The molecule has 0 aliphatic carbocycles. The van der Waals surface area contributed by atoms with Gasteiger partial charge < -0.3 is 16.6 Å². The largest absolute Gasteiger partial charge is 0.480 e. The van der Waals surface area contributed by atoms with Crippen molar-refractivity contribution in [1.29, 1.82) is 0 Å². The lowest BCUT2D eigenvalue weighted by Crippen LogP contribution is -2.33. The van der Waals surface area contributed by atoms with Crippen molar-refractivity contribution in [3.8, 4) is 0 Å². The van der Waals surface area contributed by atoms with E-state index in [0.717, 1.165) is 5.56 Å². The molecule has 0 heterocycles. The summed E-state index contributed by atoms with van der Waals surface area (Å²) in [6.07, 6.45) is 0.249. The fraction of sp³-hybridized carbons (Fsp3) is 0.300. The summed E-state index contributed by atoms with van der Waals surface area (Å²) in [5.41, 5.74) is 12.1. The van der Waals surface area contributed by atoms with E-state index in [4.69, 9.17) is 16.6 Å². The van der Waals surface area contributed by atoms with Gasteiger partial charge in [-0.15, -0.1) is 0 Å². The second-order valence-electron chi connectivity index (χ2n) is 3.20. The minimum Gasteiger partial charge on any atom is -0.480 e. The third kappa shape index (κ3) is 2.83. The van der Waals surface area contributed by atoms with E-state index in [0.29, 0.717) is 0 Å². The summed E-state index contributed by atoms with van der Waals surface area (Å²) in [5.74, 6) is -1.02. The van der Waals surface area contributed by atoms with E-state index >= 15 is 0 Å². The monoisotopic (exact) mass is 194 g/mol. The summed E-state index contributed by atoms with van der Waals surface area (Å²) in [6.45, 7) is 0. The standard InChI is InChI=1S/C10H14N2O2/c11-8(6-9(12)10(13)14)7-4-2-1-3-5-7/h1-5,8-9H,6,11-12H2,(H,13,14)/t8-,9+/m0/s1. The Kier molecular flexibility index (Phi) is 3.62. The Morgan fingerprint density at radius 3 is 2.36 bits per heavy atom. The molecule has 0 aliphatic rings. The first-order chi connectivity index (χ1) is 6.61. The Hall–Kier alpha value is -1.39. The number of carbonyl (C=O) groups is 1. The molecule has 0 radical (unpaired) electrons. The molecule has 0 saturated carbocycles. The van der Waals surface area contributed by atoms with Crippen molar-refractivity contribution in [1.82, 2.24) is 0 Å².